The van der Waals surface area contributed by atoms with Crippen molar-refractivity contribution < 1.29 is 9.47 Å². The summed E-state index contributed by atoms with van der Waals surface area (Å²) in [6, 6.07) is 2.10. The van der Waals surface area contributed by atoms with Crippen LogP contribution in [0.25, 0.3) is 0 Å². The second kappa shape index (κ2) is 6.51. The number of ether oxygens (including phenoxy) is 2. The standard InChI is InChI=1S/C17H27NO2/c1-11-9-16(14(4)13(3)12(11)2)10-18-15(5)17(6,19-7)20-8/h9-10,15H,1-8H3/b18-10-. The predicted molar refractivity (Wildman–Crippen MR) is 84.9 cm³/mol. The van der Waals surface area contributed by atoms with E-state index in [2.05, 4.69) is 38.8 Å². The van der Waals surface area contributed by atoms with E-state index < -0.39 is 5.79 Å². The minimum Gasteiger partial charge on any atom is -0.351 e. The number of aliphatic imine (C=N–C) groups is 1. The molecule has 1 rings (SSSR count). The molecule has 0 fully saturated rings. The molecule has 1 aromatic rings. The molecule has 0 aliphatic carbocycles. The molecule has 0 N–H and O–H groups in total. The summed E-state index contributed by atoms with van der Waals surface area (Å²) in [5.41, 5.74) is 6.42. The van der Waals surface area contributed by atoms with Crippen molar-refractivity contribution in [3.8, 4) is 0 Å². The SMILES string of the molecule is COC(C)(OC)C(C)/N=C\c1cc(C)c(C)c(C)c1C. The zero-order chi connectivity index (χ0) is 15.5. The molecule has 0 bridgehead atoms. The van der Waals surface area contributed by atoms with Gasteiger partial charge in [-0.1, -0.05) is 0 Å². The van der Waals surface area contributed by atoms with Crippen LogP contribution in [0.5, 0.6) is 0 Å². The highest BCUT2D eigenvalue weighted by atomic mass is 16.7. The number of hydrogen-bond acceptors (Lipinski definition) is 3. The molecule has 3 nitrogen and oxygen atoms in total. The zero-order valence-corrected chi connectivity index (χ0v) is 14.0. The minimum absolute atomic E-state index is 0.0844. The molecule has 1 unspecified atom stereocenters. The summed E-state index contributed by atoms with van der Waals surface area (Å²) < 4.78 is 10.8. The Bertz CT molecular complexity index is 502. The van der Waals surface area contributed by atoms with Crippen molar-refractivity contribution in [3.63, 3.8) is 0 Å². The van der Waals surface area contributed by atoms with Crippen LogP contribution in [0.3, 0.4) is 0 Å². The van der Waals surface area contributed by atoms with E-state index in [1.807, 2.05) is 20.1 Å². The summed E-state index contributed by atoms with van der Waals surface area (Å²) in [4.78, 5) is 4.61. The molecule has 20 heavy (non-hydrogen) atoms. The van der Waals surface area contributed by atoms with Gasteiger partial charge in [0.25, 0.3) is 0 Å². The quantitative estimate of drug-likeness (QED) is 0.606. The molecule has 0 heterocycles. The minimum atomic E-state index is -0.695. The first-order chi connectivity index (χ1) is 9.26. The number of aryl methyl sites for hydroxylation is 1. The van der Waals surface area contributed by atoms with E-state index in [1.165, 1.54) is 22.3 Å². The molecule has 112 valence electrons. The van der Waals surface area contributed by atoms with Crippen molar-refractivity contribution in [2.75, 3.05) is 14.2 Å². The third-order valence-corrected chi connectivity index (χ3v) is 4.53. The Morgan fingerprint density at radius 2 is 1.60 bits per heavy atom. The molecule has 0 saturated heterocycles. The van der Waals surface area contributed by atoms with Crippen LogP contribution >= 0.6 is 0 Å². The van der Waals surface area contributed by atoms with Crippen LogP contribution < -0.4 is 0 Å². The van der Waals surface area contributed by atoms with Crippen molar-refractivity contribution in [2.24, 2.45) is 4.99 Å². The van der Waals surface area contributed by atoms with Gasteiger partial charge in [-0.2, -0.15) is 0 Å². The Kier molecular flexibility index (Phi) is 5.49. The molecule has 0 aliphatic rings. The lowest BCUT2D eigenvalue weighted by Crippen LogP contribution is -2.40. The number of nitrogens with zero attached hydrogens (tertiary/aromatic N) is 1. The summed E-state index contributed by atoms with van der Waals surface area (Å²) in [6.45, 7) is 12.5. The number of rotatable bonds is 5. The highest BCUT2D eigenvalue weighted by Gasteiger charge is 2.30. The van der Waals surface area contributed by atoms with E-state index in [9.17, 15) is 0 Å². The van der Waals surface area contributed by atoms with Crippen LogP contribution in [-0.4, -0.2) is 32.3 Å². The third-order valence-electron chi connectivity index (χ3n) is 4.53. The summed E-state index contributed by atoms with van der Waals surface area (Å²) in [5, 5.41) is 0. The van der Waals surface area contributed by atoms with E-state index in [0.29, 0.717) is 0 Å². The van der Waals surface area contributed by atoms with Crippen molar-refractivity contribution in [3.05, 3.63) is 33.9 Å². The number of hydrogen-bond donors (Lipinski definition) is 0. The molecule has 0 saturated carbocycles. The van der Waals surface area contributed by atoms with Crippen molar-refractivity contribution >= 4 is 6.21 Å². The maximum Gasteiger partial charge on any atom is 0.186 e. The van der Waals surface area contributed by atoms with Gasteiger partial charge in [0.2, 0.25) is 0 Å². The molecule has 0 spiro atoms. The second-order valence-electron chi connectivity index (χ2n) is 5.54. The molecule has 0 amide bonds. The maximum atomic E-state index is 5.40. The summed E-state index contributed by atoms with van der Waals surface area (Å²) in [6.07, 6.45) is 1.93. The fourth-order valence-electron chi connectivity index (χ4n) is 2.13. The van der Waals surface area contributed by atoms with Gasteiger partial charge in [0.05, 0.1) is 0 Å². The monoisotopic (exact) mass is 277 g/mol. The van der Waals surface area contributed by atoms with Gasteiger partial charge in [-0.25, -0.2) is 0 Å². The first-order valence-corrected chi connectivity index (χ1v) is 6.97. The van der Waals surface area contributed by atoms with E-state index >= 15 is 0 Å². The normalized spacial score (nSPS) is 14.0. The summed E-state index contributed by atoms with van der Waals surface area (Å²) >= 11 is 0. The molecule has 0 aliphatic heterocycles. The zero-order valence-electron chi connectivity index (χ0n) is 14.0. The molecular formula is C17H27NO2. The van der Waals surface area contributed by atoms with Crippen molar-refractivity contribution in [1.82, 2.24) is 0 Å². The van der Waals surface area contributed by atoms with Crippen LogP contribution in [0, 0.1) is 27.7 Å². The van der Waals surface area contributed by atoms with Crippen molar-refractivity contribution in [2.45, 2.75) is 53.4 Å². The Morgan fingerprint density at radius 3 is 2.10 bits per heavy atom. The number of benzene rings is 1. The predicted octanol–water partition coefficient (Wildman–Crippen LogP) is 3.74. The van der Waals surface area contributed by atoms with Crippen LogP contribution in [0.15, 0.2) is 11.1 Å². The largest absolute Gasteiger partial charge is 0.351 e. The summed E-state index contributed by atoms with van der Waals surface area (Å²) in [5.74, 6) is -0.695. The van der Waals surface area contributed by atoms with E-state index in [-0.39, 0.29) is 6.04 Å². The van der Waals surface area contributed by atoms with Gasteiger partial charge in [0.15, 0.2) is 5.79 Å². The van der Waals surface area contributed by atoms with Gasteiger partial charge < -0.3 is 9.47 Å². The fourth-order valence-corrected chi connectivity index (χ4v) is 2.13. The lowest BCUT2D eigenvalue weighted by molar-refractivity contribution is -0.202. The summed E-state index contributed by atoms with van der Waals surface area (Å²) in [7, 11) is 3.28. The maximum absolute atomic E-state index is 5.40. The van der Waals surface area contributed by atoms with Gasteiger partial charge in [-0.05, 0) is 75.4 Å². The Morgan fingerprint density at radius 1 is 1.05 bits per heavy atom. The van der Waals surface area contributed by atoms with Gasteiger partial charge in [-0.3, -0.25) is 4.99 Å². The van der Waals surface area contributed by atoms with Crippen LogP contribution in [-0.2, 0) is 9.47 Å². The van der Waals surface area contributed by atoms with Crippen LogP contribution in [0.4, 0.5) is 0 Å². The van der Waals surface area contributed by atoms with Gasteiger partial charge in [-0.15, -0.1) is 0 Å². The van der Waals surface area contributed by atoms with Gasteiger partial charge in [0.1, 0.15) is 6.04 Å². The molecule has 0 aromatic heterocycles. The Labute approximate surface area is 123 Å². The smallest absolute Gasteiger partial charge is 0.186 e. The highest BCUT2D eigenvalue weighted by Crippen LogP contribution is 2.22. The molecule has 0 radical (unpaired) electrons. The Hall–Kier alpha value is -1.19. The second-order valence-corrected chi connectivity index (χ2v) is 5.54. The average molecular weight is 277 g/mol. The van der Waals surface area contributed by atoms with Crippen LogP contribution in [0.2, 0.25) is 0 Å². The Balaban J connectivity index is 3.08. The molecule has 3 heteroatoms. The lowest BCUT2D eigenvalue weighted by Gasteiger charge is -2.30. The molecule has 1 atom stereocenters. The van der Waals surface area contributed by atoms with Gasteiger partial charge in [0, 0.05) is 20.4 Å². The average Bonchev–Trinajstić information content (AvgIpc) is 2.46. The van der Waals surface area contributed by atoms with Crippen LogP contribution in [0.1, 0.15) is 41.7 Å². The third kappa shape index (κ3) is 3.28. The molecule has 1 aromatic carbocycles. The highest BCUT2D eigenvalue weighted by molar-refractivity contribution is 5.83. The van der Waals surface area contributed by atoms with Crippen molar-refractivity contribution in [1.29, 1.82) is 0 Å². The lowest BCUT2D eigenvalue weighted by atomic mass is 9.95. The van der Waals surface area contributed by atoms with E-state index in [0.717, 1.165) is 5.56 Å². The topological polar surface area (TPSA) is 30.8 Å². The van der Waals surface area contributed by atoms with Gasteiger partial charge >= 0.3 is 0 Å². The number of methoxy groups -OCH3 is 2. The fraction of sp³-hybridized carbons (Fsp3) is 0.588. The molecular weight excluding hydrogens is 250 g/mol. The first-order valence-electron chi connectivity index (χ1n) is 6.97. The van der Waals surface area contributed by atoms with E-state index in [4.69, 9.17) is 9.47 Å². The van der Waals surface area contributed by atoms with E-state index in [1.54, 1.807) is 14.2 Å². The first kappa shape index (κ1) is 16.9.